The molecule has 28 heavy (non-hydrogen) atoms. The summed E-state index contributed by atoms with van der Waals surface area (Å²) in [6, 6.07) is 16.7. The van der Waals surface area contributed by atoms with Crippen LogP contribution in [0.3, 0.4) is 0 Å². The van der Waals surface area contributed by atoms with Gasteiger partial charge in [0, 0.05) is 22.7 Å². The molecule has 0 fully saturated rings. The lowest BCUT2D eigenvalue weighted by Gasteiger charge is -2.06. The van der Waals surface area contributed by atoms with E-state index in [0.717, 1.165) is 11.8 Å². The van der Waals surface area contributed by atoms with Gasteiger partial charge in [0.1, 0.15) is 11.9 Å². The first kappa shape index (κ1) is 19.4. The predicted molar refractivity (Wildman–Crippen MR) is 107 cm³/mol. The van der Waals surface area contributed by atoms with Crippen LogP contribution in [0, 0.1) is 21.4 Å². The minimum Gasteiger partial charge on any atom is -0.439 e. The van der Waals surface area contributed by atoms with Crippen LogP contribution in [0.5, 0.6) is 11.6 Å². The molecule has 1 heterocycles. The number of ether oxygens (including phenoxy) is 1. The van der Waals surface area contributed by atoms with Gasteiger partial charge in [0.25, 0.3) is 5.69 Å². The van der Waals surface area contributed by atoms with Gasteiger partial charge in [0.05, 0.1) is 21.6 Å². The number of aromatic nitrogens is 1. The number of nitro groups is 1. The SMILES string of the molecule is N#C/C(=C/c1ccc(Oc2ccc([N+](=O)[O-])cn2)cc1)c1ccc(Cl)cc1Cl. The summed E-state index contributed by atoms with van der Waals surface area (Å²) >= 11 is 12.1. The maximum Gasteiger partial charge on any atom is 0.287 e. The summed E-state index contributed by atoms with van der Waals surface area (Å²) in [4.78, 5) is 14.0. The average Bonchev–Trinajstić information content (AvgIpc) is 2.68. The molecule has 0 bridgehead atoms. The van der Waals surface area contributed by atoms with E-state index >= 15 is 0 Å². The maximum atomic E-state index is 10.6. The van der Waals surface area contributed by atoms with E-state index in [1.807, 2.05) is 0 Å². The van der Waals surface area contributed by atoms with Crippen molar-refractivity contribution in [3.63, 3.8) is 0 Å². The average molecular weight is 412 g/mol. The van der Waals surface area contributed by atoms with E-state index in [2.05, 4.69) is 11.1 Å². The molecule has 3 aromatic rings. The van der Waals surface area contributed by atoms with Crippen molar-refractivity contribution < 1.29 is 9.66 Å². The lowest BCUT2D eigenvalue weighted by Crippen LogP contribution is -1.91. The Morgan fingerprint density at radius 2 is 1.89 bits per heavy atom. The van der Waals surface area contributed by atoms with Crippen molar-refractivity contribution in [1.29, 1.82) is 5.26 Å². The highest BCUT2D eigenvalue weighted by atomic mass is 35.5. The van der Waals surface area contributed by atoms with E-state index in [0.29, 0.717) is 26.9 Å². The van der Waals surface area contributed by atoms with Gasteiger partial charge in [0.15, 0.2) is 0 Å². The number of benzene rings is 2. The predicted octanol–water partition coefficient (Wildman–Crippen LogP) is 6.15. The summed E-state index contributed by atoms with van der Waals surface area (Å²) in [6.45, 7) is 0. The monoisotopic (exact) mass is 411 g/mol. The van der Waals surface area contributed by atoms with Gasteiger partial charge in [0.2, 0.25) is 5.88 Å². The molecular formula is C20H11Cl2N3O3. The van der Waals surface area contributed by atoms with Crippen LogP contribution in [-0.2, 0) is 0 Å². The zero-order chi connectivity index (χ0) is 20.1. The van der Waals surface area contributed by atoms with Gasteiger partial charge in [-0.2, -0.15) is 5.26 Å². The lowest BCUT2D eigenvalue weighted by molar-refractivity contribution is -0.385. The zero-order valence-electron chi connectivity index (χ0n) is 14.2. The molecule has 1 aromatic heterocycles. The van der Waals surface area contributed by atoms with Crippen molar-refractivity contribution in [3.8, 4) is 17.7 Å². The molecule has 0 aliphatic carbocycles. The van der Waals surface area contributed by atoms with Crippen LogP contribution in [0.15, 0.2) is 60.8 Å². The Hall–Kier alpha value is -3.40. The molecule has 0 unspecified atom stereocenters. The summed E-state index contributed by atoms with van der Waals surface area (Å²) in [5.41, 5.74) is 1.64. The van der Waals surface area contributed by atoms with Gasteiger partial charge in [-0.1, -0.05) is 41.4 Å². The molecule has 8 heteroatoms. The fourth-order valence-electron chi connectivity index (χ4n) is 2.34. The molecule has 0 atom stereocenters. The molecule has 138 valence electrons. The van der Waals surface area contributed by atoms with Crippen molar-refractivity contribution in [1.82, 2.24) is 4.98 Å². The molecule has 6 nitrogen and oxygen atoms in total. The smallest absolute Gasteiger partial charge is 0.287 e. The quantitative estimate of drug-likeness (QED) is 0.217. The van der Waals surface area contributed by atoms with Crippen LogP contribution in [0.2, 0.25) is 10.0 Å². The number of halogens is 2. The zero-order valence-corrected chi connectivity index (χ0v) is 15.7. The van der Waals surface area contributed by atoms with Crippen LogP contribution in [-0.4, -0.2) is 9.91 Å². The Morgan fingerprint density at radius 3 is 2.46 bits per heavy atom. The Morgan fingerprint density at radius 1 is 1.14 bits per heavy atom. The molecule has 0 saturated carbocycles. The Bertz CT molecular complexity index is 1090. The first-order chi connectivity index (χ1) is 13.5. The summed E-state index contributed by atoms with van der Waals surface area (Å²) < 4.78 is 5.56. The minimum atomic E-state index is -0.530. The molecule has 0 amide bonds. The number of rotatable bonds is 5. The fraction of sp³-hybridized carbons (Fsp3) is 0. The second-order valence-corrected chi connectivity index (χ2v) is 6.42. The number of nitriles is 1. The second kappa shape index (κ2) is 8.53. The van der Waals surface area contributed by atoms with E-state index in [9.17, 15) is 15.4 Å². The van der Waals surface area contributed by atoms with E-state index in [-0.39, 0.29) is 11.6 Å². The summed E-state index contributed by atoms with van der Waals surface area (Å²) in [7, 11) is 0. The fourth-order valence-corrected chi connectivity index (χ4v) is 2.85. The first-order valence-electron chi connectivity index (χ1n) is 7.92. The highest BCUT2D eigenvalue weighted by Crippen LogP contribution is 2.29. The largest absolute Gasteiger partial charge is 0.439 e. The number of nitrogens with zero attached hydrogens (tertiary/aromatic N) is 3. The van der Waals surface area contributed by atoms with Gasteiger partial charge >= 0.3 is 0 Å². The van der Waals surface area contributed by atoms with E-state index in [4.69, 9.17) is 27.9 Å². The molecular weight excluding hydrogens is 401 g/mol. The molecule has 0 radical (unpaired) electrons. The lowest BCUT2D eigenvalue weighted by atomic mass is 10.0. The van der Waals surface area contributed by atoms with Crippen molar-refractivity contribution in [3.05, 3.63) is 92.1 Å². The Balaban J connectivity index is 1.78. The van der Waals surface area contributed by atoms with Crippen LogP contribution in [0.25, 0.3) is 11.6 Å². The van der Waals surface area contributed by atoms with Crippen LogP contribution in [0.4, 0.5) is 5.69 Å². The van der Waals surface area contributed by atoms with Crippen LogP contribution < -0.4 is 4.74 Å². The Labute approximate surface area is 170 Å². The van der Waals surface area contributed by atoms with Crippen molar-refractivity contribution in [2.24, 2.45) is 0 Å². The van der Waals surface area contributed by atoms with E-state index in [1.165, 1.54) is 12.1 Å². The Kier molecular flexibility index (Phi) is 5.90. The third kappa shape index (κ3) is 4.65. The standard InChI is InChI=1S/C20H11Cl2N3O3/c21-15-3-7-18(19(22)10-15)14(11-23)9-13-1-5-17(6-2-13)28-20-8-4-16(12-24-20)25(26)27/h1-10,12H/b14-9-. The molecule has 0 aliphatic heterocycles. The third-order valence-corrected chi connectivity index (χ3v) is 4.23. The highest BCUT2D eigenvalue weighted by Gasteiger charge is 2.08. The summed E-state index contributed by atoms with van der Waals surface area (Å²) in [5.74, 6) is 0.737. The van der Waals surface area contributed by atoms with Crippen molar-refractivity contribution >= 4 is 40.5 Å². The van der Waals surface area contributed by atoms with Crippen molar-refractivity contribution in [2.75, 3.05) is 0 Å². The van der Waals surface area contributed by atoms with E-state index in [1.54, 1.807) is 48.5 Å². The van der Waals surface area contributed by atoms with Crippen LogP contribution in [0.1, 0.15) is 11.1 Å². The number of hydrogen-bond acceptors (Lipinski definition) is 5. The van der Waals surface area contributed by atoms with Crippen molar-refractivity contribution in [2.45, 2.75) is 0 Å². The number of hydrogen-bond donors (Lipinski definition) is 0. The molecule has 0 aliphatic rings. The topological polar surface area (TPSA) is 89.0 Å². The molecule has 3 rings (SSSR count). The first-order valence-corrected chi connectivity index (χ1v) is 8.67. The minimum absolute atomic E-state index is 0.113. The van der Waals surface area contributed by atoms with Gasteiger partial charge in [-0.15, -0.1) is 0 Å². The highest BCUT2D eigenvalue weighted by molar-refractivity contribution is 6.36. The van der Waals surface area contributed by atoms with Gasteiger partial charge in [-0.25, -0.2) is 4.98 Å². The molecule has 0 saturated heterocycles. The normalized spacial score (nSPS) is 11.0. The summed E-state index contributed by atoms with van der Waals surface area (Å²) in [5, 5.41) is 21.0. The third-order valence-electron chi connectivity index (χ3n) is 3.69. The van der Waals surface area contributed by atoms with Gasteiger partial charge < -0.3 is 4.74 Å². The number of pyridine rings is 1. The maximum absolute atomic E-state index is 10.6. The molecule has 0 spiro atoms. The second-order valence-electron chi connectivity index (χ2n) is 5.58. The summed E-state index contributed by atoms with van der Waals surface area (Å²) in [6.07, 6.45) is 2.82. The molecule has 2 aromatic carbocycles. The molecule has 0 N–H and O–H groups in total. The van der Waals surface area contributed by atoms with E-state index < -0.39 is 4.92 Å². The number of allylic oxidation sites excluding steroid dienone is 1. The van der Waals surface area contributed by atoms with Crippen LogP contribution >= 0.6 is 23.2 Å². The van der Waals surface area contributed by atoms with Gasteiger partial charge in [-0.05, 0) is 35.9 Å². The van der Waals surface area contributed by atoms with Gasteiger partial charge in [-0.3, -0.25) is 10.1 Å².